The molecule has 84 valence electrons. The Morgan fingerprint density at radius 1 is 1.50 bits per heavy atom. The largest absolute Gasteiger partial charge is 0.326 e. The van der Waals surface area contributed by atoms with Gasteiger partial charge in [-0.05, 0) is 18.6 Å². The van der Waals surface area contributed by atoms with Crippen molar-refractivity contribution in [2.45, 2.75) is 19.9 Å². The van der Waals surface area contributed by atoms with Crippen molar-refractivity contribution in [1.29, 1.82) is 0 Å². The third-order valence-electron chi connectivity index (χ3n) is 2.26. The highest BCUT2D eigenvalue weighted by atomic mass is 32.1. The number of thiazole rings is 1. The number of hydrogen-bond donors (Lipinski definition) is 1. The number of nitrogens with two attached hydrogens (primary N) is 1. The molecule has 0 saturated carbocycles. The number of pyridine rings is 1. The van der Waals surface area contributed by atoms with Gasteiger partial charge >= 0.3 is 0 Å². The fourth-order valence-corrected chi connectivity index (χ4v) is 2.49. The monoisotopic (exact) mass is 237 g/mol. The number of rotatable bonds is 3. The van der Waals surface area contributed by atoms with E-state index < -0.39 is 0 Å². The van der Waals surface area contributed by atoms with E-state index in [1.807, 2.05) is 6.92 Å². The third-order valence-corrected chi connectivity index (χ3v) is 3.39. The fraction of sp³-hybridized carbons (Fsp3) is 0.273. The van der Waals surface area contributed by atoms with Gasteiger partial charge < -0.3 is 5.73 Å². The molecule has 2 heterocycles. The van der Waals surface area contributed by atoms with Gasteiger partial charge in [-0.2, -0.15) is 0 Å². The summed E-state index contributed by atoms with van der Waals surface area (Å²) in [4.78, 5) is 9.37. The first kappa shape index (κ1) is 11.2. The van der Waals surface area contributed by atoms with E-state index in [2.05, 4.69) is 9.97 Å². The van der Waals surface area contributed by atoms with Gasteiger partial charge in [-0.25, -0.2) is 9.37 Å². The molecule has 0 saturated heterocycles. The van der Waals surface area contributed by atoms with Crippen molar-refractivity contribution in [2.75, 3.05) is 0 Å². The topological polar surface area (TPSA) is 51.8 Å². The number of aryl methyl sites for hydroxylation is 1. The summed E-state index contributed by atoms with van der Waals surface area (Å²) in [7, 11) is 0. The predicted octanol–water partition coefficient (Wildman–Crippen LogP) is 2.37. The van der Waals surface area contributed by atoms with Crippen LogP contribution in [0, 0.1) is 5.82 Å². The smallest absolute Gasteiger partial charge is 0.151 e. The second-order valence-corrected chi connectivity index (χ2v) is 4.36. The molecule has 0 fully saturated rings. The first-order valence-corrected chi connectivity index (χ1v) is 5.87. The van der Waals surface area contributed by atoms with Crippen LogP contribution in [0.15, 0.2) is 18.3 Å². The molecule has 16 heavy (non-hydrogen) atoms. The van der Waals surface area contributed by atoms with E-state index in [9.17, 15) is 4.39 Å². The summed E-state index contributed by atoms with van der Waals surface area (Å²) in [6.45, 7) is 2.45. The standard InChI is InChI=1S/C11H12FN3S/c1-2-8-9(6-13)16-11(15-8)10-7(12)4-3-5-14-10/h3-5H,2,6,13H2,1H3. The summed E-state index contributed by atoms with van der Waals surface area (Å²) in [5.74, 6) is -0.345. The molecule has 0 spiro atoms. The van der Waals surface area contributed by atoms with Crippen LogP contribution in [0.1, 0.15) is 17.5 Å². The predicted molar refractivity (Wildman–Crippen MR) is 62.6 cm³/mol. The lowest BCUT2D eigenvalue weighted by Gasteiger charge is -1.95. The lowest BCUT2D eigenvalue weighted by Crippen LogP contribution is -1.96. The quantitative estimate of drug-likeness (QED) is 0.891. The molecular formula is C11H12FN3S. The average Bonchev–Trinajstić information content (AvgIpc) is 2.72. The Kier molecular flexibility index (Phi) is 3.26. The molecule has 0 bridgehead atoms. The molecule has 0 aliphatic rings. The Morgan fingerprint density at radius 2 is 2.31 bits per heavy atom. The number of nitrogens with zero attached hydrogens (tertiary/aromatic N) is 2. The Labute approximate surface area is 97.2 Å². The Balaban J connectivity index is 2.49. The van der Waals surface area contributed by atoms with Crippen LogP contribution in [0.4, 0.5) is 4.39 Å². The van der Waals surface area contributed by atoms with Crippen molar-refractivity contribution in [3.8, 4) is 10.7 Å². The molecule has 0 radical (unpaired) electrons. The minimum atomic E-state index is -0.345. The van der Waals surface area contributed by atoms with Crippen LogP contribution >= 0.6 is 11.3 Å². The van der Waals surface area contributed by atoms with E-state index in [1.54, 1.807) is 12.3 Å². The van der Waals surface area contributed by atoms with Crippen molar-refractivity contribution >= 4 is 11.3 Å². The van der Waals surface area contributed by atoms with Gasteiger partial charge in [-0.1, -0.05) is 6.92 Å². The molecule has 5 heteroatoms. The zero-order valence-electron chi connectivity index (χ0n) is 8.90. The maximum Gasteiger partial charge on any atom is 0.151 e. The van der Waals surface area contributed by atoms with Gasteiger partial charge in [0.15, 0.2) is 5.82 Å². The van der Waals surface area contributed by atoms with Crippen molar-refractivity contribution in [3.63, 3.8) is 0 Å². The molecular weight excluding hydrogens is 225 g/mol. The van der Waals surface area contributed by atoms with Crippen LogP contribution in [-0.4, -0.2) is 9.97 Å². The van der Waals surface area contributed by atoms with Gasteiger partial charge in [0.2, 0.25) is 0 Å². The minimum absolute atomic E-state index is 0.307. The molecule has 2 rings (SSSR count). The molecule has 0 aliphatic carbocycles. The summed E-state index contributed by atoms with van der Waals surface area (Å²) in [6, 6.07) is 2.95. The van der Waals surface area contributed by atoms with Crippen molar-refractivity contribution in [3.05, 3.63) is 34.7 Å². The summed E-state index contributed by atoms with van der Waals surface area (Å²) in [6.07, 6.45) is 2.37. The highest BCUT2D eigenvalue weighted by Gasteiger charge is 2.13. The SMILES string of the molecule is CCc1nc(-c2ncccc2F)sc1CN. The molecule has 0 amide bonds. The van der Waals surface area contributed by atoms with Crippen LogP contribution in [0.2, 0.25) is 0 Å². The van der Waals surface area contributed by atoms with Gasteiger partial charge in [-0.15, -0.1) is 11.3 Å². The van der Waals surface area contributed by atoms with E-state index in [0.29, 0.717) is 17.2 Å². The first-order valence-electron chi connectivity index (χ1n) is 5.05. The van der Waals surface area contributed by atoms with Crippen LogP contribution in [0.3, 0.4) is 0 Å². The zero-order chi connectivity index (χ0) is 11.5. The number of aromatic nitrogens is 2. The first-order chi connectivity index (χ1) is 7.76. The number of halogens is 1. The molecule has 0 atom stereocenters. The Hall–Kier alpha value is -1.33. The Bertz CT molecular complexity index is 474. The van der Waals surface area contributed by atoms with E-state index >= 15 is 0 Å². The lowest BCUT2D eigenvalue weighted by atomic mass is 10.3. The highest BCUT2D eigenvalue weighted by Crippen LogP contribution is 2.28. The molecule has 0 unspecified atom stereocenters. The van der Waals surface area contributed by atoms with Gasteiger partial charge in [-0.3, -0.25) is 4.98 Å². The van der Waals surface area contributed by atoms with Crippen molar-refractivity contribution in [1.82, 2.24) is 9.97 Å². The highest BCUT2D eigenvalue weighted by molar-refractivity contribution is 7.15. The van der Waals surface area contributed by atoms with Crippen molar-refractivity contribution < 1.29 is 4.39 Å². The minimum Gasteiger partial charge on any atom is -0.326 e. The van der Waals surface area contributed by atoms with E-state index in [4.69, 9.17) is 5.73 Å². The molecule has 0 aliphatic heterocycles. The summed E-state index contributed by atoms with van der Waals surface area (Å²) >= 11 is 1.41. The maximum atomic E-state index is 13.5. The fourth-order valence-electron chi connectivity index (χ4n) is 1.46. The van der Waals surface area contributed by atoms with Gasteiger partial charge in [0.25, 0.3) is 0 Å². The van der Waals surface area contributed by atoms with Crippen LogP contribution in [0.25, 0.3) is 10.7 Å². The molecule has 0 aromatic carbocycles. The third kappa shape index (κ3) is 1.96. The summed E-state index contributed by atoms with van der Waals surface area (Å²) in [5.41, 5.74) is 6.86. The maximum absolute atomic E-state index is 13.5. The zero-order valence-corrected chi connectivity index (χ0v) is 9.72. The average molecular weight is 237 g/mol. The summed E-state index contributed by atoms with van der Waals surface area (Å²) < 4.78 is 13.5. The molecule has 2 N–H and O–H groups in total. The van der Waals surface area contributed by atoms with Crippen LogP contribution in [-0.2, 0) is 13.0 Å². The molecule has 2 aromatic heterocycles. The number of hydrogen-bond acceptors (Lipinski definition) is 4. The van der Waals surface area contributed by atoms with E-state index in [0.717, 1.165) is 17.0 Å². The normalized spacial score (nSPS) is 10.7. The van der Waals surface area contributed by atoms with Crippen molar-refractivity contribution in [2.24, 2.45) is 5.73 Å². The Morgan fingerprint density at radius 3 is 2.88 bits per heavy atom. The van der Waals surface area contributed by atoms with E-state index in [-0.39, 0.29) is 5.82 Å². The summed E-state index contributed by atoms with van der Waals surface area (Å²) in [5, 5.41) is 0.607. The molecule has 3 nitrogen and oxygen atoms in total. The van der Waals surface area contributed by atoms with Crippen LogP contribution in [0.5, 0.6) is 0 Å². The second-order valence-electron chi connectivity index (χ2n) is 3.28. The van der Waals surface area contributed by atoms with Gasteiger partial charge in [0.05, 0.1) is 5.69 Å². The lowest BCUT2D eigenvalue weighted by molar-refractivity contribution is 0.625. The van der Waals surface area contributed by atoms with E-state index in [1.165, 1.54) is 17.4 Å². The van der Waals surface area contributed by atoms with Gasteiger partial charge in [0, 0.05) is 17.6 Å². The molecule has 2 aromatic rings. The van der Waals surface area contributed by atoms with Gasteiger partial charge in [0.1, 0.15) is 10.7 Å². The second kappa shape index (κ2) is 4.67. The van der Waals surface area contributed by atoms with Crippen LogP contribution < -0.4 is 5.73 Å².